The maximum absolute atomic E-state index is 12.7. The van der Waals surface area contributed by atoms with E-state index in [1.165, 1.54) is 0 Å². The summed E-state index contributed by atoms with van der Waals surface area (Å²) in [5, 5.41) is 2.92. The molecular weight excluding hydrogens is 394 g/mol. The van der Waals surface area contributed by atoms with Crippen molar-refractivity contribution >= 4 is 17.6 Å². The van der Waals surface area contributed by atoms with Crippen LogP contribution >= 0.6 is 0 Å². The fourth-order valence-electron chi connectivity index (χ4n) is 3.49. The second-order valence-electron chi connectivity index (χ2n) is 7.77. The number of rotatable bonds is 6. The van der Waals surface area contributed by atoms with Gasteiger partial charge in [0, 0.05) is 17.8 Å². The SMILES string of the molecule is CC(C)NC(=O)c1ccc(/C(=C/c2ccccc2)c2ccccc2)c(-c2ccccn2)n1. The molecule has 0 aliphatic rings. The third-order valence-corrected chi connectivity index (χ3v) is 4.94. The minimum absolute atomic E-state index is 0.0279. The van der Waals surface area contributed by atoms with Crippen LogP contribution in [-0.2, 0) is 0 Å². The number of benzene rings is 2. The summed E-state index contributed by atoms with van der Waals surface area (Å²) in [7, 11) is 0. The zero-order chi connectivity index (χ0) is 22.3. The van der Waals surface area contributed by atoms with Crippen molar-refractivity contribution < 1.29 is 4.79 Å². The summed E-state index contributed by atoms with van der Waals surface area (Å²) < 4.78 is 0. The van der Waals surface area contributed by atoms with Gasteiger partial charge in [0.15, 0.2) is 0 Å². The first kappa shape index (κ1) is 21.2. The van der Waals surface area contributed by atoms with Gasteiger partial charge in [0.25, 0.3) is 5.91 Å². The molecule has 0 unspecified atom stereocenters. The highest BCUT2D eigenvalue weighted by atomic mass is 16.1. The first-order valence-electron chi connectivity index (χ1n) is 10.7. The Labute approximate surface area is 188 Å². The van der Waals surface area contributed by atoms with Crippen molar-refractivity contribution in [2.75, 3.05) is 0 Å². The Morgan fingerprint density at radius 3 is 2.19 bits per heavy atom. The minimum Gasteiger partial charge on any atom is -0.349 e. The molecular formula is C28H25N3O. The Balaban J connectivity index is 1.92. The van der Waals surface area contributed by atoms with Gasteiger partial charge < -0.3 is 5.32 Å². The summed E-state index contributed by atoms with van der Waals surface area (Å²) in [5.74, 6) is -0.197. The molecule has 0 bridgehead atoms. The lowest BCUT2D eigenvalue weighted by atomic mass is 9.93. The van der Waals surface area contributed by atoms with Crippen LogP contribution in [0.4, 0.5) is 0 Å². The number of pyridine rings is 2. The Morgan fingerprint density at radius 1 is 0.844 bits per heavy atom. The highest BCUT2D eigenvalue weighted by Gasteiger charge is 2.18. The van der Waals surface area contributed by atoms with Crippen LogP contribution in [0.3, 0.4) is 0 Å². The van der Waals surface area contributed by atoms with E-state index in [9.17, 15) is 4.79 Å². The normalized spacial score (nSPS) is 11.4. The van der Waals surface area contributed by atoms with E-state index in [1.807, 2.05) is 74.5 Å². The second kappa shape index (κ2) is 9.84. The van der Waals surface area contributed by atoms with Crippen molar-refractivity contribution in [3.8, 4) is 11.4 Å². The number of carbonyl (C=O) groups excluding carboxylic acids is 1. The number of nitrogens with one attached hydrogen (secondary N) is 1. The van der Waals surface area contributed by atoms with Gasteiger partial charge in [0.05, 0.1) is 11.4 Å². The Bertz CT molecular complexity index is 1220. The quantitative estimate of drug-likeness (QED) is 0.398. The van der Waals surface area contributed by atoms with Crippen molar-refractivity contribution in [1.82, 2.24) is 15.3 Å². The fourth-order valence-corrected chi connectivity index (χ4v) is 3.49. The van der Waals surface area contributed by atoms with E-state index in [4.69, 9.17) is 4.98 Å². The summed E-state index contributed by atoms with van der Waals surface area (Å²) in [6.45, 7) is 3.87. The highest BCUT2D eigenvalue weighted by molar-refractivity contribution is 5.98. The molecule has 4 aromatic rings. The molecule has 4 rings (SSSR count). The van der Waals surface area contributed by atoms with E-state index in [2.05, 4.69) is 40.6 Å². The second-order valence-corrected chi connectivity index (χ2v) is 7.77. The lowest BCUT2D eigenvalue weighted by molar-refractivity contribution is 0.0938. The lowest BCUT2D eigenvalue weighted by Gasteiger charge is -2.15. The first-order chi connectivity index (χ1) is 15.6. The van der Waals surface area contributed by atoms with Gasteiger partial charge in [-0.1, -0.05) is 66.7 Å². The third-order valence-electron chi connectivity index (χ3n) is 4.94. The molecule has 0 fully saturated rings. The van der Waals surface area contributed by atoms with E-state index >= 15 is 0 Å². The number of hydrogen-bond acceptors (Lipinski definition) is 3. The smallest absolute Gasteiger partial charge is 0.270 e. The summed E-state index contributed by atoms with van der Waals surface area (Å²) in [5.41, 5.74) is 5.84. The van der Waals surface area contributed by atoms with Gasteiger partial charge in [-0.15, -0.1) is 0 Å². The van der Waals surface area contributed by atoms with Gasteiger partial charge in [-0.2, -0.15) is 0 Å². The summed E-state index contributed by atoms with van der Waals surface area (Å²) >= 11 is 0. The molecule has 2 aromatic heterocycles. The van der Waals surface area contributed by atoms with Crippen molar-refractivity contribution in [1.29, 1.82) is 0 Å². The van der Waals surface area contributed by atoms with Crippen molar-refractivity contribution in [3.05, 3.63) is 120 Å². The maximum Gasteiger partial charge on any atom is 0.270 e. The average Bonchev–Trinajstić information content (AvgIpc) is 2.83. The largest absolute Gasteiger partial charge is 0.349 e. The summed E-state index contributed by atoms with van der Waals surface area (Å²) in [6, 6.07) is 29.9. The molecule has 2 heterocycles. The van der Waals surface area contributed by atoms with Gasteiger partial charge in [-0.3, -0.25) is 9.78 Å². The fraction of sp³-hybridized carbons (Fsp3) is 0.107. The molecule has 0 spiro atoms. The van der Waals surface area contributed by atoms with Gasteiger partial charge in [0.1, 0.15) is 5.69 Å². The molecule has 0 saturated carbocycles. The maximum atomic E-state index is 12.7. The molecule has 0 atom stereocenters. The number of amides is 1. The van der Waals surface area contributed by atoms with Crippen molar-refractivity contribution in [2.24, 2.45) is 0 Å². The standard InChI is InChI=1S/C28H25N3O/c1-20(2)30-28(32)26-17-16-23(27(31-26)25-15-9-10-18-29-25)24(22-13-7-4-8-14-22)19-21-11-5-3-6-12-21/h3-20H,1-2H3,(H,30,32)/b24-19+. The van der Waals surface area contributed by atoms with Crippen LogP contribution in [0, 0.1) is 0 Å². The molecule has 4 heteroatoms. The van der Waals surface area contributed by atoms with Crippen LogP contribution in [0.25, 0.3) is 23.0 Å². The lowest BCUT2D eigenvalue weighted by Crippen LogP contribution is -2.30. The number of hydrogen-bond donors (Lipinski definition) is 1. The van der Waals surface area contributed by atoms with Gasteiger partial charge >= 0.3 is 0 Å². The summed E-state index contributed by atoms with van der Waals surface area (Å²) in [4.78, 5) is 22.0. The van der Waals surface area contributed by atoms with Crippen LogP contribution in [0.5, 0.6) is 0 Å². The molecule has 1 N–H and O–H groups in total. The monoisotopic (exact) mass is 419 g/mol. The highest BCUT2D eigenvalue weighted by Crippen LogP contribution is 2.32. The van der Waals surface area contributed by atoms with E-state index in [1.54, 1.807) is 12.3 Å². The van der Waals surface area contributed by atoms with Crippen LogP contribution in [-0.4, -0.2) is 21.9 Å². The van der Waals surface area contributed by atoms with Gasteiger partial charge in [0.2, 0.25) is 0 Å². The van der Waals surface area contributed by atoms with Crippen LogP contribution in [0.15, 0.2) is 97.2 Å². The number of aromatic nitrogens is 2. The Kier molecular flexibility index (Phi) is 6.52. The number of carbonyl (C=O) groups is 1. The molecule has 0 radical (unpaired) electrons. The predicted molar refractivity (Wildman–Crippen MR) is 130 cm³/mol. The summed E-state index contributed by atoms with van der Waals surface area (Å²) in [6.07, 6.45) is 3.89. The third kappa shape index (κ3) is 4.98. The van der Waals surface area contributed by atoms with E-state index in [0.29, 0.717) is 11.4 Å². The Hall–Kier alpha value is -4.05. The molecule has 0 aliphatic heterocycles. The van der Waals surface area contributed by atoms with E-state index in [-0.39, 0.29) is 11.9 Å². The van der Waals surface area contributed by atoms with E-state index < -0.39 is 0 Å². The molecule has 0 aliphatic carbocycles. The topological polar surface area (TPSA) is 54.9 Å². The zero-order valence-corrected chi connectivity index (χ0v) is 18.2. The molecule has 2 aromatic carbocycles. The first-order valence-corrected chi connectivity index (χ1v) is 10.7. The van der Waals surface area contributed by atoms with Crippen LogP contribution in [0.2, 0.25) is 0 Å². The molecule has 158 valence electrons. The van der Waals surface area contributed by atoms with E-state index in [0.717, 1.165) is 28.0 Å². The van der Waals surface area contributed by atoms with Gasteiger partial charge in [-0.25, -0.2) is 4.98 Å². The molecule has 4 nitrogen and oxygen atoms in total. The van der Waals surface area contributed by atoms with Crippen molar-refractivity contribution in [2.45, 2.75) is 19.9 Å². The number of nitrogens with zero attached hydrogens (tertiary/aromatic N) is 2. The molecule has 0 saturated heterocycles. The van der Waals surface area contributed by atoms with Crippen LogP contribution < -0.4 is 5.32 Å². The minimum atomic E-state index is -0.197. The zero-order valence-electron chi connectivity index (χ0n) is 18.2. The average molecular weight is 420 g/mol. The van der Waals surface area contributed by atoms with Gasteiger partial charge in [-0.05, 0) is 60.9 Å². The molecule has 1 amide bonds. The molecule has 32 heavy (non-hydrogen) atoms. The van der Waals surface area contributed by atoms with Crippen molar-refractivity contribution in [3.63, 3.8) is 0 Å². The predicted octanol–water partition coefficient (Wildman–Crippen LogP) is 5.87. The van der Waals surface area contributed by atoms with Crippen LogP contribution in [0.1, 0.15) is 41.0 Å². The Morgan fingerprint density at radius 2 is 1.53 bits per heavy atom.